The van der Waals surface area contributed by atoms with Gasteiger partial charge in [-0.25, -0.2) is 0 Å². The first-order valence-corrected chi connectivity index (χ1v) is 10.0. The summed E-state index contributed by atoms with van der Waals surface area (Å²) in [7, 11) is 0. The molecule has 2 atom stereocenters. The van der Waals surface area contributed by atoms with Gasteiger partial charge in [-0.05, 0) is 62.0 Å². The van der Waals surface area contributed by atoms with Gasteiger partial charge in [0.25, 0.3) is 0 Å². The van der Waals surface area contributed by atoms with Gasteiger partial charge in [0.1, 0.15) is 0 Å². The summed E-state index contributed by atoms with van der Waals surface area (Å²) in [6, 6.07) is 5.64. The van der Waals surface area contributed by atoms with Gasteiger partial charge in [-0.1, -0.05) is 31.0 Å². The van der Waals surface area contributed by atoms with E-state index in [0.29, 0.717) is 30.2 Å². The first-order valence-electron chi connectivity index (χ1n) is 10.0. The molecule has 4 rings (SSSR count). The maximum atomic E-state index is 13.3. The van der Waals surface area contributed by atoms with Crippen LogP contribution >= 0.6 is 12.4 Å². The van der Waals surface area contributed by atoms with Crippen molar-refractivity contribution in [3.05, 3.63) is 35.4 Å². The predicted octanol–water partition coefficient (Wildman–Crippen LogP) is 4.57. The van der Waals surface area contributed by atoms with Crippen molar-refractivity contribution in [2.75, 3.05) is 0 Å². The van der Waals surface area contributed by atoms with Gasteiger partial charge in [0.15, 0.2) is 0 Å². The number of hydrogen-bond donors (Lipinski definition) is 2. The van der Waals surface area contributed by atoms with Crippen LogP contribution in [0.4, 0.5) is 13.2 Å². The summed E-state index contributed by atoms with van der Waals surface area (Å²) in [5.74, 6) is 0.704. The number of alkyl halides is 3. The lowest BCUT2D eigenvalue weighted by atomic mass is 9.62. The summed E-state index contributed by atoms with van der Waals surface area (Å²) in [5.41, 5.74) is 5.18. The van der Waals surface area contributed by atoms with Crippen molar-refractivity contribution in [2.45, 2.75) is 75.0 Å². The zero-order valence-electron chi connectivity index (χ0n) is 15.8. The molecule has 0 aromatic heterocycles. The number of fused-ring (bicyclic) bond motifs is 2. The van der Waals surface area contributed by atoms with Crippen molar-refractivity contribution in [1.29, 1.82) is 0 Å². The zero-order chi connectivity index (χ0) is 19.2. The highest BCUT2D eigenvalue weighted by Gasteiger charge is 2.49. The predicted molar refractivity (Wildman–Crippen MR) is 104 cm³/mol. The van der Waals surface area contributed by atoms with E-state index in [1.165, 1.54) is 12.5 Å². The number of hydrogen-bond acceptors (Lipinski definition) is 2. The molecule has 0 aliphatic heterocycles. The fraction of sp³-hybridized carbons (Fsp3) is 0.667. The lowest BCUT2D eigenvalue weighted by Crippen LogP contribution is -2.59. The molecule has 1 amide bonds. The topological polar surface area (TPSA) is 55.1 Å². The van der Waals surface area contributed by atoms with Crippen LogP contribution in [0.15, 0.2) is 24.3 Å². The highest BCUT2D eigenvalue weighted by molar-refractivity contribution is 5.89. The summed E-state index contributed by atoms with van der Waals surface area (Å²) >= 11 is 0. The Hall–Kier alpha value is -1.27. The number of carbonyl (C=O) groups is 1. The van der Waals surface area contributed by atoms with Crippen molar-refractivity contribution >= 4 is 18.3 Å². The van der Waals surface area contributed by atoms with Gasteiger partial charge < -0.3 is 11.1 Å². The van der Waals surface area contributed by atoms with Gasteiger partial charge in [0, 0.05) is 12.1 Å². The molecule has 3 fully saturated rings. The number of nitrogens with one attached hydrogen (secondary N) is 1. The van der Waals surface area contributed by atoms with Gasteiger partial charge in [0.2, 0.25) is 5.91 Å². The van der Waals surface area contributed by atoms with E-state index in [1.807, 2.05) is 0 Å². The Morgan fingerprint density at radius 3 is 2.29 bits per heavy atom. The van der Waals surface area contributed by atoms with Gasteiger partial charge in [-0.15, -0.1) is 12.4 Å². The van der Waals surface area contributed by atoms with Crippen LogP contribution in [0.25, 0.3) is 0 Å². The first-order chi connectivity index (χ1) is 12.8. The molecule has 7 heteroatoms. The molecule has 28 heavy (non-hydrogen) atoms. The Morgan fingerprint density at radius 2 is 1.75 bits per heavy atom. The second-order valence-corrected chi connectivity index (χ2v) is 8.70. The molecule has 3 saturated carbocycles. The van der Waals surface area contributed by atoms with Crippen LogP contribution in [-0.2, 0) is 16.4 Å². The van der Waals surface area contributed by atoms with Crippen molar-refractivity contribution < 1.29 is 18.0 Å². The molecule has 2 bridgehead atoms. The minimum Gasteiger partial charge on any atom is -0.352 e. The van der Waals surface area contributed by atoms with E-state index < -0.39 is 17.2 Å². The van der Waals surface area contributed by atoms with E-state index in [1.54, 1.807) is 6.07 Å². The summed E-state index contributed by atoms with van der Waals surface area (Å²) < 4.78 is 39.4. The normalized spacial score (nSPS) is 31.3. The molecule has 3 nitrogen and oxygen atoms in total. The third-order valence-corrected chi connectivity index (χ3v) is 7.06. The van der Waals surface area contributed by atoms with Gasteiger partial charge in [-0.3, -0.25) is 4.79 Å². The molecule has 3 aliphatic rings. The number of carbonyl (C=O) groups excluding carboxylic acids is 1. The number of benzene rings is 1. The van der Waals surface area contributed by atoms with Crippen LogP contribution in [0.5, 0.6) is 0 Å². The summed E-state index contributed by atoms with van der Waals surface area (Å²) in [6.45, 7) is 0. The Labute approximate surface area is 170 Å². The van der Waals surface area contributed by atoms with Crippen molar-refractivity contribution in [3.8, 4) is 0 Å². The Bertz CT molecular complexity index is 706. The third kappa shape index (κ3) is 3.78. The molecule has 0 saturated heterocycles. The van der Waals surface area contributed by atoms with Crippen LogP contribution in [0.1, 0.15) is 62.5 Å². The van der Waals surface area contributed by atoms with Crippen LogP contribution in [0.3, 0.4) is 0 Å². The molecule has 0 radical (unpaired) electrons. The summed E-state index contributed by atoms with van der Waals surface area (Å²) in [5, 5.41) is 3.27. The van der Waals surface area contributed by atoms with E-state index in [2.05, 4.69) is 5.32 Å². The van der Waals surface area contributed by atoms with Crippen LogP contribution in [-0.4, -0.2) is 18.0 Å². The summed E-state index contributed by atoms with van der Waals surface area (Å²) in [6.07, 6.45) is 2.88. The molecule has 156 valence electrons. The maximum absolute atomic E-state index is 13.3. The molecule has 1 aromatic rings. The Kier molecular flexibility index (Phi) is 6.02. The van der Waals surface area contributed by atoms with E-state index in [-0.39, 0.29) is 30.4 Å². The van der Waals surface area contributed by atoms with Gasteiger partial charge >= 0.3 is 6.18 Å². The smallest absolute Gasteiger partial charge is 0.352 e. The molecule has 2 unspecified atom stereocenters. The number of halogens is 4. The van der Waals surface area contributed by atoms with E-state index in [9.17, 15) is 18.0 Å². The fourth-order valence-corrected chi connectivity index (χ4v) is 5.48. The Morgan fingerprint density at radius 1 is 1.11 bits per heavy atom. The van der Waals surface area contributed by atoms with Crippen LogP contribution in [0.2, 0.25) is 0 Å². The quantitative estimate of drug-likeness (QED) is 0.758. The van der Waals surface area contributed by atoms with Crippen molar-refractivity contribution in [1.82, 2.24) is 5.32 Å². The van der Waals surface area contributed by atoms with Crippen LogP contribution < -0.4 is 11.1 Å². The van der Waals surface area contributed by atoms with Crippen molar-refractivity contribution in [2.24, 2.45) is 17.6 Å². The highest BCUT2D eigenvalue weighted by atomic mass is 35.5. The third-order valence-electron chi connectivity index (χ3n) is 7.06. The van der Waals surface area contributed by atoms with Crippen LogP contribution in [0, 0.1) is 11.8 Å². The van der Waals surface area contributed by atoms with Gasteiger partial charge in [-0.2, -0.15) is 13.2 Å². The highest BCUT2D eigenvalue weighted by Crippen LogP contribution is 2.46. The molecular formula is C21H28ClF3N2O. The molecule has 3 aliphatic carbocycles. The number of amides is 1. The van der Waals surface area contributed by atoms with E-state index in [0.717, 1.165) is 44.2 Å². The van der Waals surface area contributed by atoms with E-state index >= 15 is 0 Å². The summed E-state index contributed by atoms with van der Waals surface area (Å²) in [4.78, 5) is 13.3. The maximum Gasteiger partial charge on any atom is 0.416 e. The van der Waals surface area contributed by atoms with Crippen molar-refractivity contribution in [3.63, 3.8) is 0 Å². The Balaban J connectivity index is 0.00000225. The average Bonchev–Trinajstić information content (AvgIpc) is 2.54. The monoisotopic (exact) mass is 416 g/mol. The first kappa shape index (κ1) is 21.4. The minimum atomic E-state index is -4.39. The van der Waals surface area contributed by atoms with Gasteiger partial charge in [0.05, 0.1) is 11.0 Å². The second kappa shape index (κ2) is 7.86. The number of rotatable bonds is 3. The molecule has 0 spiro atoms. The molecule has 3 N–H and O–H groups in total. The fourth-order valence-electron chi connectivity index (χ4n) is 5.48. The molecule has 0 heterocycles. The minimum absolute atomic E-state index is 0. The molecular weight excluding hydrogens is 389 g/mol. The average molecular weight is 417 g/mol. The standard InChI is InChI=1S/C21H27F3N2O.ClH/c22-21(23,24)16-7-2-6-15(12-16)20(8-3-9-20)19(27)26-18-13-4-1-5-14(18)11-17(25)10-13;/h2,6-7,12-14,17-18H,1,3-5,8-11,25H2,(H,26,27);1H. The largest absolute Gasteiger partial charge is 0.416 e. The SMILES string of the molecule is Cl.NC1CC2CCCC(C1)C2NC(=O)C1(c2cccc(C(F)(F)F)c2)CCC1. The zero-order valence-corrected chi connectivity index (χ0v) is 16.6. The lowest BCUT2D eigenvalue weighted by Gasteiger charge is -2.48. The molecule has 1 aromatic carbocycles. The lowest BCUT2D eigenvalue weighted by molar-refractivity contribution is -0.138. The van der Waals surface area contributed by atoms with E-state index in [4.69, 9.17) is 5.73 Å². The second-order valence-electron chi connectivity index (χ2n) is 8.70. The number of nitrogens with two attached hydrogens (primary N) is 1.